The summed E-state index contributed by atoms with van der Waals surface area (Å²) in [6.45, 7) is 3.64. The van der Waals surface area contributed by atoms with Crippen LogP contribution in [0.2, 0.25) is 0 Å². The summed E-state index contributed by atoms with van der Waals surface area (Å²) in [6.07, 6.45) is 0. The van der Waals surface area contributed by atoms with Crippen molar-refractivity contribution in [2.75, 3.05) is 0 Å². The maximum absolute atomic E-state index is 12.9. The van der Waals surface area contributed by atoms with E-state index >= 15 is 0 Å². The molecule has 21 heavy (non-hydrogen) atoms. The lowest BCUT2D eigenvalue weighted by Gasteiger charge is -2.17. The SMILES string of the molecule is C[C@H](NC(=O)[C@@H](C)Sc1nnnn1C)c1ccc(F)cc1. The van der Waals surface area contributed by atoms with Crippen LogP contribution >= 0.6 is 11.8 Å². The molecule has 0 radical (unpaired) electrons. The molecule has 0 aliphatic heterocycles. The Morgan fingerprint density at radius 3 is 2.57 bits per heavy atom. The topological polar surface area (TPSA) is 72.7 Å². The lowest BCUT2D eigenvalue weighted by molar-refractivity contribution is -0.120. The molecule has 0 unspecified atom stereocenters. The minimum absolute atomic E-state index is 0.125. The summed E-state index contributed by atoms with van der Waals surface area (Å²) < 4.78 is 14.4. The van der Waals surface area contributed by atoms with E-state index in [4.69, 9.17) is 0 Å². The van der Waals surface area contributed by atoms with Gasteiger partial charge in [0.2, 0.25) is 11.1 Å². The summed E-state index contributed by atoms with van der Waals surface area (Å²) in [5.41, 5.74) is 0.849. The van der Waals surface area contributed by atoms with Crippen LogP contribution in [0.1, 0.15) is 25.5 Å². The van der Waals surface area contributed by atoms with Gasteiger partial charge in [-0.25, -0.2) is 9.07 Å². The average molecular weight is 309 g/mol. The Kier molecular flexibility index (Phi) is 4.89. The van der Waals surface area contributed by atoms with Gasteiger partial charge < -0.3 is 5.32 Å². The van der Waals surface area contributed by atoms with Crippen molar-refractivity contribution in [2.45, 2.75) is 30.3 Å². The molecule has 2 rings (SSSR count). The fourth-order valence-electron chi connectivity index (χ4n) is 1.70. The third-order valence-corrected chi connectivity index (χ3v) is 4.09. The molecule has 1 aromatic carbocycles. The van der Waals surface area contributed by atoms with E-state index in [1.807, 2.05) is 6.92 Å². The van der Waals surface area contributed by atoms with Crippen LogP contribution in [0.25, 0.3) is 0 Å². The van der Waals surface area contributed by atoms with Crippen molar-refractivity contribution < 1.29 is 9.18 Å². The summed E-state index contributed by atoms with van der Waals surface area (Å²) in [4.78, 5) is 12.1. The fourth-order valence-corrected chi connectivity index (χ4v) is 2.46. The Labute approximate surface area is 126 Å². The molecule has 1 aromatic heterocycles. The number of carbonyl (C=O) groups is 1. The number of amides is 1. The van der Waals surface area contributed by atoms with Crippen molar-refractivity contribution in [1.82, 2.24) is 25.5 Å². The summed E-state index contributed by atoms with van der Waals surface area (Å²) in [7, 11) is 1.72. The molecule has 0 aliphatic carbocycles. The molecule has 112 valence electrons. The zero-order valence-corrected chi connectivity index (χ0v) is 12.8. The molecule has 1 amide bonds. The predicted octanol–water partition coefficient (Wildman–Crippen LogP) is 1.71. The van der Waals surface area contributed by atoms with Gasteiger partial charge in [0.1, 0.15) is 5.82 Å². The number of nitrogens with zero attached hydrogens (tertiary/aromatic N) is 4. The number of aryl methyl sites for hydroxylation is 1. The number of benzene rings is 1. The number of nitrogens with one attached hydrogen (secondary N) is 1. The third-order valence-electron chi connectivity index (χ3n) is 2.96. The molecular weight excluding hydrogens is 293 g/mol. The lowest BCUT2D eigenvalue weighted by atomic mass is 10.1. The number of tetrazole rings is 1. The molecule has 0 bridgehead atoms. The monoisotopic (exact) mass is 309 g/mol. The molecule has 0 saturated carbocycles. The Morgan fingerprint density at radius 1 is 1.33 bits per heavy atom. The van der Waals surface area contributed by atoms with E-state index in [1.165, 1.54) is 28.6 Å². The Bertz CT molecular complexity index is 615. The van der Waals surface area contributed by atoms with Crippen LogP contribution in [0.4, 0.5) is 4.39 Å². The first-order valence-electron chi connectivity index (χ1n) is 6.42. The van der Waals surface area contributed by atoms with Gasteiger partial charge in [0, 0.05) is 7.05 Å². The van der Waals surface area contributed by atoms with E-state index in [2.05, 4.69) is 20.8 Å². The van der Waals surface area contributed by atoms with Crippen molar-refractivity contribution in [1.29, 1.82) is 0 Å². The molecule has 0 fully saturated rings. The van der Waals surface area contributed by atoms with E-state index < -0.39 is 0 Å². The second kappa shape index (κ2) is 6.66. The van der Waals surface area contributed by atoms with Crippen LogP contribution in [0.3, 0.4) is 0 Å². The maximum atomic E-state index is 12.9. The smallest absolute Gasteiger partial charge is 0.233 e. The van der Waals surface area contributed by atoms with Crippen LogP contribution < -0.4 is 5.32 Å². The minimum Gasteiger partial charge on any atom is -0.349 e. The molecule has 0 spiro atoms. The quantitative estimate of drug-likeness (QED) is 0.851. The van der Waals surface area contributed by atoms with Crippen molar-refractivity contribution in [2.24, 2.45) is 7.05 Å². The van der Waals surface area contributed by atoms with Crippen LogP contribution in [-0.2, 0) is 11.8 Å². The van der Waals surface area contributed by atoms with Crippen molar-refractivity contribution in [3.8, 4) is 0 Å². The molecule has 0 saturated heterocycles. The molecule has 8 heteroatoms. The van der Waals surface area contributed by atoms with E-state index in [1.54, 1.807) is 26.1 Å². The first kappa shape index (κ1) is 15.4. The van der Waals surface area contributed by atoms with E-state index in [0.717, 1.165) is 5.56 Å². The van der Waals surface area contributed by atoms with Crippen LogP contribution in [-0.4, -0.2) is 31.4 Å². The Balaban J connectivity index is 1.94. The van der Waals surface area contributed by atoms with Crippen LogP contribution in [0.5, 0.6) is 0 Å². The van der Waals surface area contributed by atoms with Crippen molar-refractivity contribution in [3.63, 3.8) is 0 Å². The highest BCUT2D eigenvalue weighted by Gasteiger charge is 2.19. The predicted molar refractivity (Wildman–Crippen MR) is 77.1 cm³/mol. The van der Waals surface area contributed by atoms with Gasteiger partial charge in [0.05, 0.1) is 11.3 Å². The summed E-state index contributed by atoms with van der Waals surface area (Å²) in [5.74, 6) is -0.421. The number of rotatable bonds is 5. The molecule has 6 nitrogen and oxygen atoms in total. The van der Waals surface area contributed by atoms with Gasteiger partial charge >= 0.3 is 0 Å². The van der Waals surface area contributed by atoms with Crippen LogP contribution in [0, 0.1) is 5.82 Å². The second-order valence-electron chi connectivity index (χ2n) is 4.63. The molecule has 1 heterocycles. The first-order chi connectivity index (χ1) is 9.97. The number of hydrogen-bond donors (Lipinski definition) is 1. The Hall–Kier alpha value is -1.96. The summed E-state index contributed by atoms with van der Waals surface area (Å²) in [5, 5.41) is 14.2. The second-order valence-corrected chi connectivity index (χ2v) is 5.93. The number of hydrogen-bond acceptors (Lipinski definition) is 5. The lowest BCUT2D eigenvalue weighted by Crippen LogP contribution is -2.33. The zero-order valence-electron chi connectivity index (χ0n) is 11.9. The number of halogens is 1. The minimum atomic E-state index is -0.336. The fraction of sp³-hybridized carbons (Fsp3) is 0.385. The first-order valence-corrected chi connectivity index (χ1v) is 7.30. The van der Waals surface area contributed by atoms with Gasteiger partial charge in [-0.1, -0.05) is 23.9 Å². The zero-order chi connectivity index (χ0) is 15.4. The summed E-state index contributed by atoms with van der Waals surface area (Å²) >= 11 is 1.28. The van der Waals surface area contributed by atoms with Gasteiger partial charge in [-0.05, 0) is 42.0 Å². The van der Waals surface area contributed by atoms with E-state index in [0.29, 0.717) is 5.16 Å². The van der Waals surface area contributed by atoms with E-state index in [9.17, 15) is 9.18 Å². The molecule has 0 aliphatic rings. The van der Waals surface area contributed by atoms with Gasteiger partial charge in [0.15, 0.2) is 0 Å². The highest BCUT2D eigenvalue weighted by Crippen LogP contribution is 2.20. The number of carbonyl (C=O) groups excluding carboxylic acids is 1. The molecule has 1 N–H and O–H groups in total. The number of thioether (sulfide) groups is 1. The van der Waals surface area contributed by atoms with Gasteiger partial charge in [-0.2, -0.15) is 0 Å². The average Bonchev–Trinajstić information content (AvgIpc) is 2.84. The largest absolute Gasteiger partial charge is 0.349 e. The van der Waals surface area contributed by atoms with E-state index in [-0.39, 0.29) is 23.0 Å². The van der Waals surface area contributed by atoms with Gasteiger partial charge in [-0.3, -0.25) is 4.79 Å². The molecular formula is C13H16FN5OS. The summed E-state index contributed by atoms with van der Waals surface area (Å²) in [6, 6.07) is 5.87. The van der Waals surface area contributed by atoms with Crippen molar-refractivity contribution >= 4 is 17.7 Å². The van der Waals surface area contributed by atoms with Gasteiger partial charge in [0.25, 0.3) is 0 Å². The third kappa shape index (κ3) is 4.01. The van der Waals surface area contributed by atoms with Crippen LogP contribution in [0.15, 0.2) is 29.4 Å². The van der Waals surface area contributed by atoms with Gasteiger partial charge in [-0.15, -0.1) is 5.10 Å². The highest BCUT2D eigenvalue weighted by atomic mass is 32.2. The molecule has 2 aromatic rings. The normalized spacial score (nSPS) is 13.7. The molecule has 2 atom stereocenters. The Morgan fingerprint density at radius 2 is 2.00 bits per heavy atom. The highest BCUT2D eigenvalue weighted by molar-refractivity contribution is 8.00. The maximum Gasteiger partial charge on any atom is 0.233 e. The number of aromatic nitrogens is 4. The standard InChI is InChI=1S/C13H16FN5OS/c1-8(10-4-6-11(14)7-5-10)15-12(20)9(2)21-13-16-17-18-19(13)3/h4-9H,1-3H3,(H,15,20)/t8-,9+/m0/s1. The van der Waals surface area contributed by atoms with Crippen molar-refractivity contribution in [3.05, 3.63) is 35.6 Å².